The van der Waals surface area contributed by atoms with Crippen molar-refractivity contribution in [2.75, 3.05) is 0 Å². The van der Waals surface area contributed by atoms with Gasteiger partial charge in [0.1, 0.15) is 0 Å². The van der Waals surface area contributed by atoms with Crippen LogP contribution in [0, 0.1) is 17.8 Å². The molecule has 3 aliphatic rings. The lowest BCUT2D eigenvalue weighted by molar-refractivity contribution is 0.00817. The van der Waals surface area contributed by atoms with Gasteiger partial charge in [0.2, 0.25) is 0 Å². The molecule has 3 rings (SSSR count). The van der Waals surface area contributed by atoms with E-state index >= 15 is 0 Å². The maximum Gasteiger partial charge on any atom is 0.0102 e. The first kappa shape index (κ1) is 17.5. The number of hydrogen-bond acceptors (Lipinski definition) is 1. The minimum atomic E-state index is 0.797. The molecule has 0 aromatic rings. The summed E-state index contributed by atoms with van der Waals surface area (Å²) in [5.41, 5.74) is 0. The van der Waals surface area contributed by atoms with Crippen molar-refractivity contribution < 1.29 is 0 Å². The van der Waals surface area contributed by atoms with Crippen LogP contribution in [0.1, 0.15) is 90.9 Å². The van der Waals surface area contributed by atoms with Gasteiger partial charge in [-0.15, -0.1) is 6.58 Å². The topological polar surface area (TPSA) is 3.24 Å². The zero-order chi connectivity index (χ0) is 16.2. The first-order chi connectivity index (χ1) is 11.2. The van der Waals surface area contributed by atoms with Gasteiger partial charge in [0.05, 0.1) is 0 Å². The molecule has 0 aromatic heterocycles. The summed E-state index contributed by atoms with van der Waals surface area (Å²) >= 11 is 0. The molecule has 0 atom stereocenters. The Bertz CT molecular complexity index is 330. The van der Waals surface area contributed by atoms with Crippen molar-refractivity contribution in [2.24, 2.45) is 17.8 Å². The lowest BCUT2D eigenvalue weighted by Crippen LogP contribution is -2.52. The van der Waals surface area contributed by atoms with Crippen LogP contribution in [0.4, 0.5) is 0 Å². The normalized spacial score (nSPS) is 42.6. The summed E-state index contributed by atoms with van der Waals surface area (Å²) in [7, 11) is 0. The molecule has 0 heterocycles. The van der Waals surface area contributed by atoms with Crippen LogP contribution in [0.3, 0.4) is 0 Å². The molecule has 1 nitrogen and oxygen atoms in total. The van der Waals surface area contributed by atoms with Crippen LogP contribution >= 0.6 is 0 Å². The Balaban J connectivity index is 1.67. The fraction of sp³-hybridized carbons (Fsp3) is 0.909. The second-order valence-corrected chi connectivity index (χ2v) is 9.08. The zero-order valence-corrected chi connectivity index (χ0v) is 15.7. The Morgan fingerprint density at radius 2 is 0.957 bits per heavy atom. The average molecular weight is 318 g/mol. The van der Waals surface area contributed by atoms with E-state index < -0.39 is 0 Å². The van der Waals surface area contributed by atoms with Crippen LogP contribution in [0.5, 0.6) is 0 Å². The Kier molecular flexibility index (Phi) is 6.24. The Morgan fingerprint density at radius 3 is 1.30 bits per heavy atom. The molecule has 0 bridgehead atoms. The Hall–Kier alpha value is -0.300. The van der Waals surface area contributed by atoms with E-state index in [1.165, 1.54) is 77.0 Å². The molecule has 3 aliphatic carbocycles. The second-order valence-electron chi connectivity index (χ2n) is 9.08. The number of hydrogen-bond donors (Lipinski definition) is 0. The van der Waals surface area contributed by atoms with Gasteiger partial charge in [0, 0.05) is 18.1 Å². The zero-order valence-electron chi connectivity index (χ0n) is 15.7. The Labute approximate surface area is 144 Å². The van der Waals surface area contributed by atoms with Crippen molar-refractivity contribution in [3.05, 3.63) is 12.7 Å². The molecule has 0 spiro atoms. The molecule has 3 saturated carbocycles. The largest absolute Gasteiger partial charge is 0.294 e. The highest BCUT2D eigenvalue weighted by atomic mass is 15.2. The molecule has 3 fully saturated rings. The standard InChI is InChI=1S/C22H39N/c1-4-19-9-15-22(16-10-19)23(20-11-5-17(2)6-12-20)21-13-7-18(3)8-14-21/h4,17-22H,1,5-16H2,2-3H3. The highest BCUT2D eigenvalue weighted by Crippen LogP contribution is 2.39. The smallest absolute Gasteiger partial charge is 0.0102 e. The van der Waals surface area contributed by atoms with Crippen LogP contribution in [0.25, 0.3) is 0 Å². The van der Waals surface area contributed by atoms with Crippen molar-refractivity contribution in [1.29, 1.82) is 0 Å². The van der Waals surface area contributed by atoms with Gasteiger partial charge >= 0.3 is 0 Å². The molecule has 23 heavy (non-hydrogen) atoms. The van der Waals surface area contributed by atoms with E-state index in [1.54, 1.807) is 0 Å². The number of rotatable bonds is 4. The molecule has 0 aliphatic heterocycles. The summed E-state index contributed by atoms with van der Waals surface area (Å²) in [5, 5.41) is 0. The highest BCUT2D eigenvalue weighted by Gasteiger charge is 2.36. The molecule has 132 valence electrons. The van der Waals surface area contributed by atoms with E-state index in [0.29, 0.717) is 0 Å². The third-order valence-corrected chi connectivity index (χ3v) is 7.31. The van der Waals surface area contributed by atoms with Crippen LogP contribution in [0.15, 0.2) is 12.7 Å². The minimum Gasteiger partial charge on any atom is -0.294 e. The third-order valence-electron chi connectivity index (χ3n) is 7.31. The summed E-state index contributed by atoms with van der Waals surface area (Å²) in [6.45, 7) is 8.95. The second kappa shape index (κ2) is 8.19. The highest BCUT2D eigenvalue weighted by molar-refractivity contribution is 4.94. The van der Waals surface area contributed by atoms with Gasteiger partial charge in [-0.3, -0.25) is 4.90 Å². The van der Waals surface area contributed by atoms with E-state index in [2.05, 4.69) is 31.4 Å². The summed E-state index contributed by atoms with van der Waals surface area (Å²) in [6.07, 6.45) is 19.6. The predicted molar refractivity (Wildman–Crippen MR) is 101 cm³/mol. The van der Waals surface area contributed by atoms with Gasteiger partial charge in [-0.2, -0.15) is 0 Å². The molecule has 0 N–H and O–H groups in total. The van der Waals surface area contributed by atoms with E-state index in [1.807, 2.05) is 0 Å². The predicted octanol–water partition coefficient (Wildman–Crippen LogP) is 6.19. The first-order valence-electron chi connectivity index (χ1n) is 10.6. The van der Waals surface area contributed by atoms with Crippen molar-refractivity contribution in [3.63, 3.8) is 0 Å². The third kappa shape index (κ3) is 4.41. The van der Waals surface area contributed by atoms with Crippen molar-refractivity contribution in [2.45, 2.75) is 109 Å². The molecule has 0 amide bonds. The Morgan fingerprint density at radius 1 is 0.609 bits per heavy atom. The number of nitrogens with zero attached hydrogens (tertiary/aromatic N) is 1. The van der Waals surface area contributed by atoms with E-state index in [4.69, 9.17) is 0 Å². The molecule has 1 heteroatoms. The fourth-order valence-corrected chi connectivity index (χ4v) is 5.61. The van der Waals surface area contributed by atoms with Gasteiger partial charge in [0.15, 0.2) is 0 Å². The first-order valence-corrected chi connectivity index (χ1v) is 10.6. The molecule has 0 saturated heterocycles. The van der Waals surface area contributed by atoms with Crippen molar-refractivity contribution >= 4 is 0 Å². The molecular weight excluding hydrogens is 278 g/mol. The van der Waals surface area contributed by atoms with Gasteiger partial charge in [-0.1, -0.05) is 19.9 Å². The van der Waals surface area contributed by atoms with Crippen molar-refractivity contribution in [1.82, 2.24) is 4.90 Å². The molecule has 0 radical (unpaired) electrons. The van der Waals surface area contributed by atoms with Gasteiger partial charge < -0.3 is 0 Å². The van der Waals surface area contributed by atoms with Crippen LogP contribution in [-0.4, -0.2) is 23.0 Å². The van der Waals surface area contributed by atoms with E-state index in [-0.39, 0.29) is 0 Å². The van der Waals surface area contributed by atoms with Gasteiger partial charge in [0.25, 0.3) is 0 Å². The SMILES string of the molecule is C=CC1CCC(N(C2CCC(C)CC2)C2CCC(C)CC2)CC1. The average Bonchev–Trinajstić information content (AvgIpc) is 2.59. The van der Waals surface area contributed by atoms with Crippen molar-refractivity contribution in [3.8, 4) is 0 Å². The monoisotopic (exact) mass is 317 g/mol. The summed E-state index contributed by atoms with van der Waals surface area (Å²) < 4.78 is 0. The molecule has 0 unspecified atom stereocenters. The van der Waals surface area contributed by atoms with Crippen LogP contribution in [0.2, 0.25) is 0 Å². The summed E-state index contributed by atoms with van der Waals surface area (Å²) in [4.78, 5) is 3.08. The lowest BCUT2D eigenvalue weighted by atomic mass is 9.78. The lowest BCUT2D eigenvalue weighted by Gasteiger charge is -2.49. The quantitative estimate of drug-likeness (QED) is 0.559. The van der Waals surface area contributed by atoms with E-state index in [9.17, 15) is 0 Å². The minimum absolute atomic E-state index is 0.797. The van der Waals surface area contributed by atoms with Crippen LogP contribution in [-0.2, 0) is 0 Å². The molecular formula is C22H39N. The van der Waals surface area contributed by atoms with Crippen LogP contribution < -0.4 is 0 Å². The van der Waals surface area contributed by atoms with Gasteiger partial charge in [-0.05, 0) is 94.8 Å². The maximum absolute atomic E-state index is 4.04. The van der Waals surface area contributed by atoms with E-state index in [0.717, 1.165) is 35.9 Å². The maximum atomic E-state index is 4.04. The van der Waals surface area contributed by atoms with Gasteiger partial charge in [-0.25, -0.2) is 0 Å². The fourth-order valence-electron chi connectivity index (χ4n) is 5.61. The summed E-state index contributed by atoms with van der Waals surface area (Å²) in [5.74, 6) is 2.73. The molecule has 0 aromatic carbocycles. The summed E-state index contributed by atoms with van der Waals surface area (Å²) in [6, 6.07) is 2.67. The number of allylic oxidation sites excluding steroid dienone is 1.